The van der Waals surface area contributed by atoms with Crippen molar-refractivity contribution in [1.82, 2.24) is 20.2 Å². The maximum atomic E-state index is 13.8. The van der Waals surface area contributed by atoms with E-state index in [1.54, 1.807) is 29.2 Å². The molecule has 10 heteroatoms. The van der Waals surface area contributed by atoms with Gasteiger partial charge < -0.3 is 19.9 Å². The predicted octanol–water partition coefficient (Wildman–Crippen LogP) is 4.21. The number of hydrogen-bond donors (Lipinski definition) is 2. The number of halogens is 3. The smallest absolute Gasteiger partial charge is 0.416 e. The second kappa shape index (κ2) is 9.33. The fraction of sp³-hybridized carbons (Fsp3) is 0.400. The number of nitrogens with one attached hydrogen (secondary N) is 2. The van der Waals surface area contributed by atoms with E-state index in [4.69, 9.17) is 4.74 Å². The van der Waals surface area contributed by atoms with Gasteiger partial charge in [0, 0.05) is 36.3 Å². The molecular weight excluding hydrogens is 461 g/mol. The molecule has 0 spiro atoms. The zero-order valence-electron chi connectivity index (χ0n) is 19.9. The first-order valence-electron chi connectivity index (χ1n) is 11.4. The molecule has 186 valence electrons. The Labute approximate surface area is 200 Å². The van der Waals surface area contributed by atoms with Crippen LogP contribution in [0.2, 0.25) is 0 Å². The molecule has 7 nitrogen and oxygen atoms in total. The highest BCUT2D eigenvalue weighted by atomic mass is 19.4. The molecule has 1 amide bonds. The maximum Gasteiger partial charge on any atom is 0.416 e. The number of aryl methyl sites for hydroxylation is 1. The van der Waals surface area contributed by atoms with Gasteiger partial charge in [-0.1, -0.05) is 0 Å². The lowest BCUT2D eigenvalue weighted by Crippen LogP contribution is -2.55. The van der Waals surface area contributed by atoms with Crippen molar-refractivity contribution < 1.29 is 22.7 Å². The van der Waals surface area contributed by atoms with E-state index in [9.17, 15) is 22.8 Å². The number of ether oxygens (including phenoxy) is 1. The van der Waals surface area contributed by atoms with Crippen LogP contribution in [0.4, 0.5) is 13.2 Å². The number of piperazine rings is 1. The number of carbonyl (C=O) groups excluding carboxylic acids is 1. The summed E-state index contributed by atoms with van der Waals surface area (Å²) in [4.78, 5) is 33.5. The Morgan fingerprint density at radius 2 is 1.77 bits per heavy atom. The van der Waals surface area contributed by atoms with E-state index in [2.05, 4.69) is 15.3 Å². The zero-order chi connectivity index (χ0) is 25.5. The lowest BCUT2D eigenvalue weighted by Gasteiger charge is -2.36. The Morgan fingerprint density at radius 1 is 1.14 bits per heavy atom. The van der Waals surface area contributed by atoms with Gasteiger partial charge in [0.1, 0.15) is 17.7 Å². The van der Waals surface area contributed by atoms with Gasteiger partial charge in [0.2, 0.25) is 0 Å². The highest BCUT2D eigenvalue weighted by molar-refractivity contribution is 5.94. The summed E-state index contributed by atoms with van der Waals surface area (Å²) in [5, 5.41) is 3.43. The number of nitrogens with zero attached hydrogens (tertiary/aromatic N) is 2. The van der Waals surface area contributed by atoms with Crippen molar-refractivity contribution in [2.45, 2.75) is 52.1 Å². The molecule has 1 aliphatic heterocycles. The second-order valence-electron chi connectivity index (χ2n) is 9.07. The average Bonchev–Trinajstić information content (AvgIpc) is 2.77. The van der Waals surface area contributed by atoms with E-state index in [0.29, 0.717) is 24.4 Å². The quantitative estimate of drug-likeness (QED) is 0.575. The van der Waals surface area contributed by atoms with Gasteiger partial charge in [0.15, 0.2) is 0 Å². The first kappa shape index (κ1) is 24.7. The molecule has 2 N–H and O–H groups in total. The summed E-state index contributed by atoms with van der Waals surface area (Å²) in [6, 6.07) is 8.75. The number of H-pyrrole nitrogens is 1. The first-order valence-corrected chi connectivity index (χ1v) is 11.4. The standard InChI is InChI=1S/C25H27F3N4O3/c1-13-11-32(12-14(2)29-13)24(34)17-5-7-18(8-6-17)35-15(3)19-9-20-22(10-21(19)25(26,27)28)30-16(4)31-23(20)33/h5-10,13-15,29H,11-12H2,1-4H3,(H,30,31,33). The van der Waals surface area contributed by atoms with Crippen LogP contribution in [0.3, 0.4) is 0 Å². The van der Waals surface area contributed by atoms with Gasteiger partial charge >= 0.3 is 6.18 Å². The number of rotatable bonds is 4. The Morgan fingerprint density at radius 3 is 2.37 bits per heavy atom. The highest BCUT2D eigenvalue weighted by Crippen LogP contribution is 2.37. The van der Waals surface area contributed by atoms with Crippen LogP contribution in [0.5, 0.6) is 5.75 Å². The lowest BCUT2D eigenvalue weighted by molar-refractivity contribution is -0.138. The molecule has 2 aromatic carbocycles. The molecule has 2 heterocycles. The van der Waals surface area contributed by atoms with Gasteiger partial charge in [-0.05, 0) is 64.1 Å². The van der Waals surface area contributed by atoms with Gasteiger partial charge in [0.25, 0.3) is 11.5 Å². The Balaban J connectivity index is 1.59. The number of aromatic nitrogens is 2. The monoisotopic (exact) mass is 488 g/mol. The fourth-order valence-electron chi connectivity index (χ4n) is 4.52. The summed E-state index contributed by atoms with van der Waals surface area (Å²) in [5.74, 6) is 0.424. The molecule has 3 atom stereocenters. The van der Waals surface area contributed by atoms with Crippen LogP contribution in [-0.4, -0.2) is 45.9 Å². The third kappa shape index (κ3) is 5.32. The van der Waals surface area contributed by atoms with Crippen LogP contribution < -0.4 is 15.6 Å². The van der Waals surface area contributed by atoms with Crippen molar-refractivity contribution in [3.05, 3.63) is 69.3 Å². The summed E-state index contributed by atoms with van der Waals surface area (Å²) >= 11 is 0. The maximum absolute atomic E-state index is 13.8. The van der Waals surface area contributed by atoms with Crippen molar-refractivity contribution in [3.8, 4) is 5.75 Å². The van der Waals surface area contributed by atoms with Crippen molar-refractivity contribution in [2.24, 2.45) is 0 Å². The van der Waals surface area contributed by atoms with E-state index in [1.165, 1.54) is 19.9 Å². The van der Waals surface area contributed by atoms with Crippen LogP contribution in [0, 0.1) is 6.92 Å². The fourth-order valence-corrected chi connectivity index (χ4v) is 4.52. The highest BCUT2D eigenvalue weighted by Gasteiger charge is 2.36. The molecule has 1 aromatic heterocycles. The minimum atomic E-state index is -4.66. The van der Waals surface area contributed by atoms with Crippen LogP contribution in [-0.2, 0) is 6.18 Å². The third-order valence-electron chi connectivity index (χ3n) is 6.00. The Kier molecular flexibility index (Phi) is 6.59. The van der Waals surface area contributed by atoms with Gasteiger partial charge in [0.05, 0.1) is 16.5 Å². The number of aromatic amines is 1. The molecule has 1 fully saturated rings. The van der Waals surface area contributed by atoms with Crippen LogP contribution in [0.15, 0.2) is 41.2 Å². The van der Waals surface area contributed by atoms with Crippen LogP contribution in [0.1, 0.15) is 54.2 Å². The lowest BCUT2D eigenvalue weighted by atomic mass is 9.99. The predicted molar refractivity (Wildman–Crippen MR) is 126 cm³/mol. The number of alkyl halides is 3. The van der Waals surface area contributed by atoms with Gasteiger partial charge in [-0.2, -0.15) is 13.2 Å². The number of hydrogen-bond acceptors (Lipinski definition) is 5. The first-order chi connectivity index (χ1) is 16.4. The summed E-state index contributed by atoms with van der Waals surface area (Å²) in [7, 11) is 0. The Hall–Kier alpha value is -3.40. The molecule has 0 aliphatic carbocycles. The summed E-state index contributed by atoms with van der Waals surface area (Å²) in [6.07, 6.45) is -5.68. The van der Waals surface area contributed by atoms with E-state index in [-0.39, 0.29) is 40.3 Å². The van der Waals surface area contributed by atoms with Crippen molar-refractivity contribution in [1.29, 1.82) is 0 Å². The molecule has 0 radical (unpaired) electrons. The molecule has 4 rings (SSSR count). The SMILES string of the molecule is Cc1nc2cc(C(F)(F)F)c(C(C)Oc3ccc(C(=O)N4CC(C)NC(C)C4)cc3)cc2c(=O)[nH]1. The number of fused-ring (bicyclic) bond motifs is 1. The van der Waals surface area contributed by atoms with Gasteiger partial charge in [-0.3, -0.25) is 9.59 Å². The van der Waals surface area contributed by atoms with E-state index in [0.717, 1.165) is 6.07 Å². The molecule has 3 unspecified atom stereocenters. The molecule has 1 aliphatic rings. The molecular formula is C25H27F3N4O3. The summed E-state index contributed by atoms with van der Waals surface area (Å²) in [6.45, 7) is 8.20. The van der Waals surface area contributed by atoms with Crippen molar-refractivity contribution >= 4 is 16.8 Å². The third-order valence-corrected chi connectivity index (χ3v) is 6.00. The number of benzene rings is 2. The molecule has 1 saturated heterocycles. The molecule has 0 bridgehead atoms. The van der Waals surface area contributed by atoms with Gasteiger partial charge in [-0.25, -0.2) is 4.98 Å². The number of amides is 1. The van der Waals surface area contributed by atoms with Crippen LogP contribution in [0.25, 0.3) is 10.9 Å². The largest absolute Gasteiger partial charge is 0.486 e. The van der Waals surface area contributed by atoms with Gasteiger partial charge in [-0.15, -0.1) is 0 Å². The van der Waals surface area contributed by atoms with E-state index < -0.39 is 23.4 Å². The normalized spacial score (nSPS) is 19.6. The number of carbonyl (C=O) groups is 1. The molecule has 3 aromatic rings. The second-order valence-corrected chi connectivity index (χ2v) is 9.07. The minimum absolute atomic E-state index is 0.0334. The van der Waals surface area contributed by atoms with Crippen LogP contribution >= 0.6 is 0 Å². The van der Waals surface area contributed by atoms with E-state index >= 15 is 0 Å². The van der Waals surface area contributed by atoms with Crippen molar-refractivity contribution in [2.75, 3.05) is 13.1 Å². The molecule has 0 saturated carbocycles. The summed E-state index contributed by atoms with van der Waals surface area (Å²) in [5.41, 5.74) is -1.17. The summed E-state index contributed by atoms with van der Waals surface area (Å²) < 4.78 is 47.3. The topological polar surface area (TPSA) is 87.3 Å². The van der Waals surface area contributed by atoms with E-state index in [1.807, 2.05) is 13.8 Å². The Bertz CT molecular complexity index is 1290. The molecule has 35 heavy (non-hydrogen) atoms. The van der Waals surface area contributed by atoms with Crippen molar-refractivity contribution in [3.63, 3.8) is 0 Å². The average molecular weight is 489 g/mol. The minimum Gasteiger partial charge on any atom is -0.486 e. The zero-order valence-corrected chi connectivity index (χ0v) is 19.9.